The number of phenolic OH excluding ortho intramolecular Hbond substituents is 1. The summed E-state index contributed by atoms with van der Waals surface area (Å²) in [6.07, 6.45) is 17.9. The quantitative estimate of drug-likeness (QED) is 0.0315. The van der Waals surface area contributed by atoms with Crippen LogP contribution in [0, 0.1) is 5.92 Å². The molecule has 0 radical (unpaired) electrons. The van der Waals surface area contributed by atoms with Gasteiger partial charge in [0.2, 0.25) is 11.8 Å². The third kappa shape index (κ3) is 25.0. The molecule has 0 unspecified atom stereocenters. The van der Waals surface area contributed by atoms with E-state index in [1.54, 1.807) is 12.1 Å². The Balaban J connectivity index is 1.66. The van der Waals surface area contributed by atoms with Crippen molar-refractivity contribution in [3.8, 4) is 5.75 Å². The molecule has 8 N–H and O–H groups in total. The molecule has 332 valence electrons. The largest absolute Gasteiger partial charge is 0.508 e. The maximum absolute atomic E-state index is 13.3. The first kappa shape index (κ1) is 51.7. The monoisotopic (exact) mass is 864 g/mol. The van der Waals surface area contributed by atoms with Crippen molar-refractivity contribution in [3.05, 3.63) is 29.8 Å². The molecular formula is C43H68N4O10S2. The highest BCUT2D eigenvalue weighted by atomic mass is 33.1. The number of ketones is 3. The van der Waals surface area contributed by atoms with Crippen LogP contribution in [-0.2, 0) is 40.0 Å². The van der Waals surface area contributed by atoms with Crippen LogP contribution in [0.15, 0.2) is 24.3 Å². The SMILES string of the molecule is NC(=O)[C@H](Cc1ccc(O)cc1)NCC(=O)[C@@H]1CSSC[C@H](NCC(=O)[C@H](CCC(=O)O)NC(=O)CCCCCCCCCCCCCCCCCCC(=O)O)C(=O)C1. The maximum Gasteiger partial charge on any atom is 0.303 e. The number of nitrogens with two attached hydrogens (primary N) is 1. The van der Waals surface area contributed by atoms with Crippen LogP contribution in [0.4, 0.5) is 0 Å². The first-order chi connectivity index (χ1) is 28.3. The van der Waals surface area contributed by atoms with E-state index in [-0.39, 0.29) is 74.8 Å². The summed E-state index contributed by atoms with van der Waals surface area (Å²) in [7, 11) is 2.84. The van der Waals surface area contributed by atoms with Crippen molar-refractivity contribution >= 4 is 62.7 Å². The number of carbonyl (C=O) groups is 7. The van der Waals surface area contributed by atoms with Gasteiger partial charge in [-0.3, -0.25) is 44.2 Å². The molecule has 2 amide bonds. The molecule has 1 aliphatic rings. The van der Waals surface area contributed by atoms with Crippen LogP contribution >= 0.6 is 21.6 Å². The number of phenols is 1. The topological polar surface area (TPSA) is 242 Å². The van der Waals surface area contributed by atoms with Crippen molar-refractivity contribution in [1.29, 1.82) is 0 Å². The Hall–Kier alpha value is -3.47. The number of hydrogen-bond acceptors (Lipinski definition) is 12. The summed E-state index contributed by atoms with van der Waals surface area (Å²) < 4.78 is 0. The molecule has 14 nitrogen and oxygen atoms in total. The summed E-state index contributed by atoms with van der Waals surface area (Å²) >= 11 is 0. The fourth-order valence-electron chi connectivity index (χ4n) is 6.90. The number of carboxylic acid groups (broad SMARTS) is 2. The molecule has 4 atom stereocenters. The first-order valence-corrected chi connectivity index (χ1v) is 23.9. The van der Waals surface area contributed by atoms with Gasteiger partial charge in [0.25, 0.3) is 0 Å². The number of nitrogens with one attached hydrogen (secondary N) is 3. The molecule has 1 fully saturated rings. The minimum Gasteiger partial charge on any atom is -0.508 e. The fraction of sp³-hybridized carbons (Fsp3) is 0.698. The molecule has 1 aliphatic heterocycles. The average molecular weight is 865 g/mol. The lowest BCUT2D eigenvalue weighted by Crippen LogP contribution is -2.49. The maximum atomic E-state index is 13.3. The summed E-state index contributed by atoms with van der Waals surface area (Å²) in [5.41, 5.74) is 6.31. The number of aliphatic carboxylic acids is 2. The lowest BCUT2D eigenvalue weighted by Gasteiger charge is -2.25. The van der Waals surface area contributed by atoms with Crippen molar-refractivity contribution < 1.29 is 48.9 Å². The van der Waals surface area contributed by atoms with E-state index in [2.05, 4.69) is 16.0 Å². The summed E-state index contributed by atoms with van der Waals surface area (Å²) in [5, 5.41) is 36.1. The molecule has 2 rings (SSSR count). The van der Waals surface area contributed by atoms with Gasteiger partial charge in [-0.1, -0.05) is 124 Å². The van der Waals surface area contributed by atoms with Crippen LogP contribution in [0.2, 0.25) is 0 Å². The van der Waals surface area contributed by atoms with E-state index in [0.29, 0.717) is 17.9 Å². The molecule has 0 bridgehead atoms. The van der Waals surface area contributed by atoms with E-state index in [4.69, 9.17) is 10.8 Å². The van der Waals surface area contributed by atoms with Crippen molar-refractivity contribution in [1.82, 2.24) is 16.0 Å². The number of rotatable bonds is 34. The van der Waals surface area contributed by atoms with E-state index >= 15 is 0 Å². The minimum atomic E-state index is -1.08. The second kappa shape index (κ2) is 31.4. The Morgan fingerprint density at radius 2 is 1.19 bits per heavy atom. The molecule has 1 aromatic rings. The Bertz CT molecular complexity index is 1450. The van der Waals surface area contributed by atoms with Gasteiger partial charge in [-0.2, -0.15) is 0 Å². The smallest absolute Gasteiger partial charge is 0.303 e. The number of primary amides is 1. The van der Waals surface area contributed by atoms with Gasteiger partial charge in [-0.25, -0.2) is 0 Å². The Labute approximate surface area is 357 Å². The van der Waals surface area contributed by atoms with Crippen LogP contribution in [0.3, 0.4) is 0 Å². The molecule has 0 aliphatic carbocycles. The zero-order chi connectivity index (χ0) is 43.3. The number of benzene rings is 1. The standard InChI is InChI=1S/C43H68N4O10S2/c44-43(57)35(25-31-19-21-33(48)22-20-31)45-27-38(50)32-26-37(49)36(30-59-58-29-32)46-28-39(51)34(23-24-42(55)56)47-40(52)17-15-13-11-9-7-5-3-1-2-4-6-8-10-12-14-16-18-41(53)54/h19-22,32,34-36,45-46,48H,1-18,23-30H2,(H2,44,57)(H,47,52)(H,53,54)(H,55,56)/t32-,34-,35-,36-/m0/s1. The normalized spacial score (nSPS) is 16.7. The number of amides is 2. The first-order valence-electron chi connectivity index (χ1n) is 21.4. The van der Waals surface area contributed by atoms with Gasteiger partial charge in [-0.15, -0.1) is 0 Å². The Kier molecular flexibility index (Phi) is 27.5. The van der Waals surface area contributed by atoms with E-state index in [1.165, 1.54) is 85.1 Å². The third-order valence-electron chi connectivity index (χ3n) is 10.6. The summed E-state index contributed by atoms with van der Waals surface area (Å²) in [6.45, 7) is -0.415. The van der Waals surface area contributed by atoms with Gasteiger partial charge in [0.1, 0.15) is 5.75 Å². The van der Waals surface area contributed by atoms with Crippen LogP contribution in [0.25, 0.3) is 0 Å². The van der Waals surface area contributed by atoms with Gasteiger partial charge >= 0.3 is 11.9 Å². The third-order valence-corrected chi connectivity index (χ3v) is 13.1. The van der Waals surface area contributed by atoms with Crippen LogP contribution in [0.1, 0.15) is 140 Å². The average Bonchev–Trinajstić information content (AvgIpc) is 3.18. The predicted octanol–water partition coefficient (Wildman–Crippen LogP) is 5.90. The Morgan fingerprint density at radius 1 is 0.678 bits per heavy atom. The molecular weight excluding hydrogens is 797 g/mol. The van der Waals surface area contributed by atoms with E-state index < -0.39 is 47.7 Å². The van der Waals surface area contributed by atoms with Crippen LogP contribution in [0.5, 0.6) is 5.75 Å². The van der Waals surface area contributed by atoms with Gasteiger partial charge in [-0.05, 0) is 43.4 Å². The number of carbonyl (C=O) groups excluding carboxylic acids is 5. The fourth-order valence-corrected chi connectivity index (χ4v) is 9.48. The second-order valence-corrected chi connectivity index (χ2v) is 18.2. The van der Waals surface area contributed by atoms with E-state index in [0.717, 1.165) is 50.5 Å². The van der Waals surface area contributed by atoms with Crippen LogP contribution in [-0.4, -0.2) is 99.1 Å². The highest BCUT2D eigenvalue weighted by Crippen LogP contribution is 2.30. The molecule has 59 heavy (non-hydrogen) atoms. The van der Waals surface area contributed by atoms with Gasteiger partial charge < -0.3 is 26.4 Å². The van der Waals surface area contributed by atoms with Crippen LogP contribution < -0.4 is 21.7 Å². The minimum absolute atomic E-state index is 0.0554. The lowest BCUT2D eigenvalue weighted by molar-refractivity contribution is -0.138. The molecule has 16 heteroatoms. The molecule has 0 saturated carbocycles. The molecule has 0 aromatic heterocycles. The molecule has 1 heterocycles. The lowest BCUT2D eigenvalue weighted by atomic mass is 9.95. The molecule has 0 spiro atoms. The predicted molar refractivity (Wildman–Crippen MR) is 232 cm³/mol. The van der Waals surface area contributed by atoms with E-state index in [9.17, 15) is 43.8 Å². The zero-order valence-electron chi connectivity index (χ0n) is 34.6. The summed E-state index contributed by atoms with van der Waals surface area (Å²) in [4.78, 5) is 86.4. The zero-order valence-corrected chi connectivity index (χ0v) is 36.2. The number of Topliss-reactive ketones (excluding diaryl/α,β-unsaturated/α-hetero) is 3. The molecule has 1 aromatic carbocycles. The number of hydrogen-bond donors (Lipinski definition) is 7. The van der Waals surface area contributed by atoms with Gasteiger partial charge in [0.05, 0.1) is 31.2 Å². The highest BCUT2D eigenvalue weighted by Gasteiger charge is 2.31. The second-order valence-electron chi connectivity index (χ2n) is 15.6. The Morgan fingerprint density at radius 3 is 1.71 bits per heavy atom. The number of aromatic hydroxyl groups is 1. The van der Waals surface area contributed by atoms with Crippen molar-refractivity contribution in [2.24, 2.45) is 11.7 Å². The molecule has 1 saturated heterocycles. The number of carboxylic acids is 2. The van der Waals surface area contributed by atoms with Crippen molar-refractivity contribution in [2.45, 2.75) is 159 Å². The van der Waals surface area contributed by atoms with Gasteiger partial charge in [0.15, 0.2) is 17.3 Å². The van der Waals surface area contributed by atoms with Crippen molar-refractivity contribution in [2.75, 3.05) is 24.6 Å². The number of unbranched alkanes of at least 4 members (excludes halogenated alkanes) is 15. The summed E-state index contributed by atoms with van der Waals surface area (Å²) in [6, 6.07) is 3.74. The highest BCUT2D eigenvalue weighted by molar-refractivity contribution is 8.76. The van der Waals surface area contributed by atoms with Gasteiger partial charge in [0, 0.05) is 43.1 Å². The van der Waals surface area contributed by atoms with Crippen molar-refractivity contribution in [3.63, 3.8) is 0 Å². The van der Waals surface area contributed by atoms with E-state index in [1.807, 2.05) is 0 Å². The summed E-state index contributed by atoms with van der Waals surface area (Å²) in [5.74, 6) is -3.41.